The van der Waals surface area contributed by atoms with E-state index in [0.29, 0.717) is 5.75 Å². The SMILES string of the molecule is CC(CO)COc1cccc(F)c1C(N)=S. The lowest BCUT2D eigenvalue weighted by Crippen LogP contribution is -2.17. The maximum Gasteiger partial charge on any atom is 0.137 e. The molecule has 1 unspecified atom stereocenters. The fourth-order valence-electron chi connectivity index (χ4n) is 1.15. The lowest BCUT2D eigenvalue weighted by atomic mass is 10.2. The average Bonchev–Trinajstić information content (AvgIpc) is 2.25. The van der Waals surface area contributed by atoms with Gasteiger partial charge in [0.15, 0.2) is 0 Å². The summed E-state index contributed by atoms with van der Waals surface area (Å²) in [5.41, 5.74) is 5.53. The molecule has 3 nitrogen and oxygen atoms in total. The number of nitrogens with two attached hydrogens (primary N) is 1. The first-order chi connectivity index (χ1) is 7.56. The van der Waals surface area contributed by atoms with E-state index in [2.05, 4.69) is 0 Å². The molecule has 0 bridgehead atoms. The molecule has 0 saturated carbocycles. The van der Waals surface area contributed by atoms with Crippen LogP contribution in [0, 0.1) is 11.7 Å². The highest BCUT2D eigenvalue weighted by atomic mass is 32.1. The maximum absolute atomic E-state index is 13.4. The van der Waals surface area contributed by atoms with E-state index in [1.54, 1.807) is 6.07 Å². The summed E-state index contributed by atoms with van der Waals surface area (Å²) in [6.45, 7) is 2.12. The number of hydrogen-bond donors (Lipinski definition) is 2. The molecule has 0 aliphatic carbocycles. The molecule has 5 heteroatoms. The van der Waals surface area contributed by atoms with Gasteiger partial charge in [-0.05, 0) is 12.1 Å². The lowest BCUT2D eigenvalue weighted by Gasteiger charge is -2.13. The van der Waals surface area contributed by atoms with Crippen molar-refractivity contribution in [1.29, 1.82) is 0 Å². The van der Waals surface area contributed by atoms with Gasteiger partial charge in [0.1, 0.15) is 16.6 Å². The third-order valence-electron chi connectivity index (χ3n) is 2.06. The third-order valence-corrected chi connectivity index (χ3v) is 2.26. The van der Waals surface area contributed by atoms with Gasteiger partial charge in [-0.15, -0.1) is 0 Å². The predicted octanol–water partition coefficient (Wildman–Crippen LogP) is 1.47. The fraction of sp³-hybridized carbons (Fsp3) is 0.364. The second kappa shape index (κ2) is 5.77. The first kappa shape index (κ1) is 12.9. The number of ether oxygens (including phenoxy) is 1. The number of aliphatic hydroxyl groups is 1. The van der Waals surface area contributed by atoms with Crippen LogP contribution in [0.25, 0.3) is 0 Å². The van der Waals surface area contributed by atoms with Crippen LogP contribution in [0.4, 0.5) is 4.39 Å². The van der Waals surface area contributed by atoms with E-state index in [1.165, 1.54) is 12.1 Å². The van der Waals surface area contributed by atoms with Crippen LogP contribution in [0.2, 0.25) is 0 Å². The number of rotatable bonds is 5. The summed E-state index contributed by atoms with van der Waals surface area (Å²) >= 11 is 4.75. The number of benzene rings is 1. The Morgan fingerprint density at radius 1 is 1.62 bits per heavy atom. The Bertz CT molecular complexity index is 384. The molecule has 88 valence electrons. The highest BCUT2D eigenvalue weighted by Gasteiger charge is 2.13. The second-order valence-corrected chi connectivity index (χ2v) is 4.02. The van der Waals surface area contributed by atoms with E-state index in [0.717, 1.165) is 0 Å². The molecule has 1 atom stereocenters. The predicted molar refractivity (Wildman–Crippen MR) is 64.0 cm³/mol. The van der Waals surface area contributed by atoms with Gasteiger partial charge in [-0.2, -0.15) is 0 Å². The summed E-state index contributed by atoms with van der Waals surface area (Å²) in [7, 11) is 0. The van der Waals surface area contributed by atoms with Gasteiger partial charge in [0.2, 0.25) is 0 Å². The quantitative estimate of drug-likeness (QED) is 0.769. The van der Waals surface area contributed by atoms with Gasteiger partial charge in [-0.25, -0.2) is 4.39 Å². The Morgan fingerprint density at radius 2 is 2.31 bits per heavy atom. The van der Waals surface area contributed by atoms with Crippen molar-refractivity contribution in [3.8, 4) is 5.75 Å². The van der Waals surface area contributed by atoms with E-state index in [-0.39, 0.29) is 29.7 Å². The molecule has 0 fully saturated rings. The number of aliphatic hydroxyl groups excluding tert-OH is 1. The zero-order valence-electron chi connectivity index (χ0n) is 8.94. The number of hydrogen-bond acceptors (Lipinski definition) is 3. The smallest absolute Gasteiger partial charge is 0.137 e. The summed E-state index contributed by atoms with van der Waals surface area (Å²) in [6.07, 6.45) is 0. The van der Waals surface area contributed by atoms with Crippen LogP contribution in [0.1, 0.15) is 12.5 Å². The Hall–Kier alpha value is -1.20. The molecule has 16 heavy (non-hydrogen) atoms. The van der Waals surface area contributed by atoms with Gasteiger partial charge in [0.05, 0.1) is 12.2 Å². The van der Waals surface area contributed by atoms with Crippen molar-refractivity contribution in [3.05, 3.63) is 29.6 Å². The largest absolute Gasteiger partial charge is 0.492 e. The molecule has 0 spiro atoms. The molecular formula is C11H14FNO2S. The van der Waals surface area contributed by atoms with Gasteiger partial charge >= 0.3 is 0 Å². The van der Waals surface area contributed by atoms with Crippen molar-refractivity contribution >= 4 is 17.2 Å². The monoisotopic (exact) mass is 243 g/mol. The highest BCUT2D eigenvalue weighted by molar-refractivity contribution is 7.80. The normalized spacial score (nSPS) is 12.2. The topological polar surface area (TPSA) is 55.5 Å². The zero-order valence-corrected chi connectivity index (χ0v) is 9.76. The fourth-order valence-corrected chi connectivity index (χ4v) is 1.35. The van der Waals surface area contributed by atoms with Crippen LogP contribution in [0.3, 0.4) is 0 Å². The zero-order chi connectivity index (χ0) is 12.1. The minimum absolute atomic E-state index is 0.0116. The first-order valence-electron chi connectivity index (χ1n) is 4.88. The summed E-state index contributed by atoms with van der Waals surface area (Å²) in [4.78, 5) is -0.0373. The summed E-state index contributed by atoms with van der Waals surface area (Å²) < 4.78 is 18.8. The molecule has 1 aromatic rings. The molecular weight excluding hydrogens is 229 g/mol. The Balaban J connectivity index is 2.87. The van der Waals surface area contributed by atoms with E-state index in [1.807, 2.05) is 6.92 Å². The lowest BCUT2D eigenvalue weighted by molar-refractivity contribution is 0.174. The molecule has 1 aromatic carbocycles. The molecule has 0 heterocycles. The average molecular weight is 243 g/mol. The van der Waals surface area contributed by atoms with Crippen LogP contribution in [-0.4, -0.2) is 23.3 Å². The Labute approximate surface area is 99.0 Å². The number of thiocarbonyl (C=S) groups is 1. The second-order valence-electron chi connectivity index (χ2n) is 3.58. The molecule has 0 saturated heterocycles. The number of halogens is 1. The van der Waals surface area contributed by atoms with Crippen LogP contribution < -0.4 is 10.5 Å². The van der Waals surface area contributed by atoms with Crippen LogP contribution in [-0.2, 0) is 0 Å². The highest BCUT2D eigenvalue weighted by Crippen LogP contribution is 2.21. The first-order valence-corrected chi connectivity index (χ1v) is 5.29. The molecule has 0 aliphatic rings. The van der Waals surface area contributed by atoms with Crippen molar-refractivity contribution in [2.45, 2.75) is 6.92 Å². The van der Waals surface area contributed by atoms with E-state index < -0.39 is 5.82 Å². The van der Waals surface area contributed by atoms with Gasteiger partial charge < -0.3 is 15.6 Å². The van der Waals surface area contributed by atoms with Crippen molar-refractivity contribution < 1.29 is 14.2 Å². The molecule has 0 aliphatic heterocycles. The van der Waals surface area contributed by atoms with Gasteiger partial charge in [-0.1, -0.05) is 25.2 Å². The summed E-state index contributed by atoms with van der Waals surface area (Å²) in [5.74, 6) is -0.211. The standard InChI is InChI=1S/C11H14FNO2S/c1-7(5-14)6-15-9-4-2-3-8(12)10(9)11(13)16/h2-4,7,14H,5-6H2,1H3,(H2,13,16). The van der Waals surface area contributed by atoms with Crippen molar-refractivity contribution in [3.63, 3.8) is 0 Å². The Morgan fingerprint density at radius 3 is 2.88 bits per heavy atom. The molecule has 0 amide bonds. The van der Waals surface area contributed by atoms with Gasteiger partial charge in [0.25, 0.3) is 0 Å². The third kappa shape index (κ3) is 3.15. The summed E-state index contributed by atoms with van der Waals surface area (Å²) in [6, 6.07) is 4.40. The van der Waals surface area contributed by atoms with E-state index in [9.17, 15) is 4.39 Å². The van der Waals surface area contributed by atoms with Crippen LogP contribution in [0.15, 0.2) is 18.2 Å². The molecule has 0 aromatic heterocycles. The van der Waals surface area contributed by atoms with Gasteiger partial charge in [0, 0.05) is 12.5 Å². The van der Waals surface area contributed by atoms with E-state index in [4.69, 9.17) is 27.8 Å². The van der Waals surface area contributed by atoms with Crippen LogP contribution in [0.5, 0.6) is 5.75 Å². The molecule has 1 rings (SSSR count). The maximum atomic E-state index is 13.4. The van der Waals surface area contributed by atoms with Crippen molar-refractivity contribution in [2.24, 2.45) is 11.7 Å². The van der Waals surface area contributed by atoms with E-state index >= 15 is 0 Å². The molecule has 0 radical (unpaired) electrons. The molecule has 3 N–H and O–H groups in total. The van der Waals surface area contributed by atoms with Gasteiger partial charge in [-0.3, -0.25) is 0 Å². The van der Waals surface area contributed by atoms with Crippen molar-refractivity contribution in [2.75, 3.05) is 13.2 Å². The minimum atomic E-state index is -0.498. The minimum Gasteiger partial charge on any atom is -0.492 e. The van der Waals surface area contributed by atoms with Crippen LogP contribution >= 0.6 is 12.2 Å². The summed E-state index contributed by atoms with van der Waals surface area (Å²) in [5, 5.41) is 8.84. The Kier molecular flexibility index (Phi) is 4.64. The van der Waals surface area contributed by atoms with Crippen molar-refractivity contribution in [1.82, 2.24) is 0 Å².